The van der Waals surface area contributed by atoms with Gasteiger partial charge in [0.15, 0.2) is 0 Å². The molecule has 1 nitrogen and oxygen atoms in total. The molecule has 0 saturated heterocycles. The van der Waals surface area contributed by atoms with Crippen LogP contribution >= 0.6 is 0 Å². The van der Waals surface area contributed by atoms with Crippen LogP contribution in [0.2, 0.25) is 0 Å². The summed E-state index contributed by atoms with van der Waals surface area (Å²) in [5, 5.41) is 9.42. The van der Waals surface area contributed by atoms with Gasteiger partial charge in [-0.05, 0) is 41.5 Å². The van der Waals surface area contributed by atoms with Crippen molar-refractivity contribution < 1.29 is 5.11 Å². The van der Waals surface area contributed by atoms with E-state index in [-0.39, 0.29) is 0 Å². The molecule has 0 aliphatic heterocycles. The van der Waals surface area contributed by atoms with Gasteiger partial charge in [-0.15, -0.1) is 0 Å². The molecule has 0 aromatic heterocycles. The van der Waals surface area contributed by atoms with Crippen LogP contribution < -0.4 is 0 Å². The third-order valence-corrected chi connectivity index (χ3v) is 2.38. The number of aromatic hydroxyl groups is 1. The maximum absolute atomic E-state index is 9.42. The van der Waals surface area contributed by atoms with E-state index in [1.807, 2.05) is 12.1 Å². The van der Waals surface area contributed by atoms with Gasteiger partial charge in [-0.3, -0.25) is 0 Å². The molecular weight excluding hydrogens is 172 g/mol. The summed E-state index contributed by atoms with van der Waals surface area (Å²) < 4.78 is 0. The predicted molar refractivity (Wildman–Crippen MR) is 60.7 cm³/mol. The number of phenols is 1. The monoisotopic (exact) mass is 192 g/mol. The first-order valence-corrected chi connectivity index (χ1v) is 5.32. The van der Waals surface area contributed by atoms with E-state index in [9.17, 15) is 5.11 Å². The fourth-order valence-electron chi connectivity index (χ4n) is 1.75. The topological polar surface area (TPSA) is 20.2 Å². The van der Waals surface area contributed by atoms with Gasteiger partial charge in [0, 0.05) is 0 Å². The highest BCUT2D eigenvalue weighted by Crippen LogP contribution is 2.25. The first-order valence-electron chi connectivity index (χ1n) is 5.32. The van der Waals surface area contributed by atoms with E-state index in [1.54, 1.807) is 6.07 Å². The van der Waals surface area contributed by atoms with Crippen LogP contribution in [0.4, 0.5) is 0 Å². The Balaban J connectivity index is 3.02. The van der Waals surface area contributed by atoms with Gasteiger partial charge in [0.2, 0.25) is 0 Å². The van der Waals surface area contributed by atoms with E-state index in [1.165, 1.54) is 11.1 Å². The van der Waals surface area contributed by atoms with Crippen molar-refractivity contribution in [3.63, 3.8) is 0 Å². The highest BCUT2D eigenvalue weighted by molar-refractivity contribution is 5.37. The van der Waals surface area contributed by atoms with Gasteiger partial charge >= 0.3 is 0 Å². The highest BCUT2D eigenvalue weighted by atomic mass is 16.3. The van der Waals surface area contributed by atoms with E-state index in [2.05, 4.69) is 27.7 Å². The van der Waals surface area contributed by atoms with Crippen molar-refractivity contribution >= 4 is 0 Å². The molecule has 1 heteroatoms. The minimum Gasteiger partial charge on any atom is -0.508 e. The summed E-state index contributed by atoms with van der Waals surface area (Å²) in [5.74, 6) is 1.52. The average molecular weight is 192 g/mol. The summed E-state index contributed by atoms with van der Waals surface area (Å²) in [7, 11) is 0. The zero-order valence-electron chi connectivity index (χ0n) is 9.54. The number of phenolic OH excluding ortho intramolecular Hbond substituents is 1. The summed E-state index contributed by atoms with van der Waals surface area (Å²) in [6.07, 6.45) is 1.09. The van der Waals surface area contributed by atoms with E-state index < -0.39 is 0 Å². The van der Waals surface area contributed by atoms with Gasteiger partial charge in [-0.25, -0.2) is 0 Å². The van der Waals surface area contributed by atoms with Crippen molar-refractivity contribution in [3.8, 4) is 5.75 Å². The average Bonchev–Trinajstić information content (AvgIpc) is 2.07. The molecule has 1 aromatic rings. The minimum absolute atomic E-state index is 0.376. The number of hydrogen-bond acceptors (Lipinski definition) is 1. The van der Waals surface area contributed by atoms with Crippen molar-refractivity contribution in [3.05, 3.63) is 29.3 Å². The van der Waals surface area contributed by atoms with Gasteiger partial charge in [-0.2, -0.15) is 0 Å². The number of benzene rings is 1. The maximum atomic E-state index is 9.42. The van der Waals surface area contributed by atoms with Crippen LogP contribution in [0.15, 0.2) is 18.2 Å². The lowest BCUT2D eigenvalue weighted by molar-refractivity contribution is 0.473. The Hall–Kier alpha value is -0.980. The number of rotatable bonds is 3. The molecule has 0 bridgehead atoms. The van der Waals surface area contributed by atoms with Gasteiger partial charge in [0.05, 0.1) is 0 Å². The Morgan fingerprint density at radius 1 is 1.14 bits per heavy atom. The van der Waals surface area contributed by atoms with Crippen LogP contribution in [-0.2, 0) is 6.42 Å². The molecule has 0 radical (unpaired) electrons. The summed E-state index contributed by atoms with van der Waals surface area (Å²) >= 11 is 0. The van der Waals surface area contributed by atoms with Crippen molar-refractivity contribution in [1.82, 2.24) is 0 Å². The normalized spacial score (nSPS) is 11.3. The van der Waals surface area contributed by atoms with Crippen LogP contribution in [0.3, 0.4) is 0 Å². The lowest BCUT2D eigenvalue weighted by Crippen LogP contribution is -2.00. The number of hydrogen-bond donors (Lipinski definition) is 1. The molecule has 0 aliphatic carbocycles. The molecule has 0 unspecified atom stereocenters. The molecule has 14 heavy (non-hydrogen) atoms. The van der Waals surface area contributed by atoms with Crippen molar-refractivity contribution in [2.45, 2.75) is 40.0 Å². The predicted octanol–water partition coefficient (Wildman–Crippen LogP) is 3.71. The largest absolute Gasteiger partial charge is 0.508 e. The van der Waals surface area contributed by atoms with Crippen LogP contribution in [0.25, 0.3) is 0 Å². The lowest BCUT2D eigenvalue weighted by atomic mass is 9.92. The highest BCUT2D eigenvalue weighted by Gasteiger charge is 2.08. The molecule has 1 aromatic carbocycles. The zero-order valence-corrected chi connectivity index (χ0v) is 9.54. The summed E-state index contributed by atoms with van der Waals surface area (Å²) in [4.78, 5) is 0. The Labute approximate surface area is 86.8 Å². The van der Waals surface area contributed by atoms with E-state index >= 15 is 0 Å². The fraction of sp³-hybridized carbons (Fsp3) is 0.538. The zero-order chi connectivity index (χ0) is 10.7. The molecule has 0 heterocycles. The molecule has 0 amide bonds. The second-order valence-corrected chi connectivity index (χ2v) is 4.64. The summed E-state index contributed by atoms with van der Waals surface area (Å²) in [6.45, 7) is 8.77. The van der Waals surface area contributed by atoms with Gasteiger partial charge in [-0.1, -0.05) is 33.8 Å². The Kier molecular flexibility index (Phi) is 3.56. The molecule has 1 rings (SSSR count). The molecule has 1 N–H and O–H groups in total. The molecule has 0 atom stereocenters. The standard InChI is InChI=1S/C13H20O/c1-9(2)7-11-5-6-12(14)8-13(11)10(3)4/h5-6,8-10,14H,7H2,1-4H3. The molecule has 0 aliphatic rings. The Bertz CT molecular complexity index is 300. The third kappa shape index (κ3) is 2.76. The Morgan fingerprint density at radius 3 is 2.29 bits per heavy atom. The van der Waals surface area contributed by atoms with Crippen molar-refractivity contribution in [1.29, 1.82) is 0 Å². The van der Waals surface area contributed by atoms with Gasteiger partial charge in [0.25, 0.3) is 0 Å². The van der Waals surface area contributed by atoms with Crippen LogP contribution in [0.5, 0.6) is 5.75 Å². The molecular formula is C13H20O. The first-order chi connectivity index (χ1) is 6.50. The molecule has 0 spiro atoms. The molecule has 78 valence electrons. The second-order valence-electron chi connectivity index (χ2n) is 4.64. The van der Waals surface area contributed by atoms with E-state index in [0.29, 0.717) is 17.6 Å². The lowest BCUT2D eigenvalue weighted by Gasteiger charge is -2.14. The van der Waals surface area contributed by atoms with Crippen LogP contribution in [-0.4, -0.2) is 5.11 Å². The van der Waals surface area contributed by atoms with Gasteiger partial charge < -0.3 is 5.11 Å². The molecule has 0 saturated carbocycles. The van der Waals surface area contributed by atoms with Crippen molar-refractivity contribution in [2.24, 2.45) is 5.92 Å². The first kappa shape index (κ1) is 11.1. The summed E-state index contributed by atoms with van der Waals surface area (Å²) in [5.41, 5.74) is 2.64. The van der Waals surface area contributed by atoms with E-state index in [4.69, 9.17) is 0 Å². The van der Waals surface area contributed by atoms with Crippen molar-refractivity contribution in [2.75, 3.05) is 0 Å². The summed E-state index contributed by atoms with van der Waals surface area (Å²) in [6, 6.07) is 5.72. The Morgan fingerprint density at radius 2 is 1.79 bits per heavy atom. The second kappa shape index (κ2) is 4.50. The smallest absolute Gasteiger partial charge is 0.115 e. The van der Waals surface area contributed by atoms with Crippen LogP contribution in [0, 0.1) is 5.92 Å². The van der Waals surface area contributed by atoms with Gasteiger partial charge in [0.1, 0.15) is 5.75 Å². The molecule has 0 fully saturated rings. The SMILES string of the molecule is CC(C)Cc1ccc(O)cc1C(C)C. The van der Waals surface area contributed by atoms with E-state index in [0.717, 1.165) is 6.42 Å². The third-order valence-electron chi connectivity index (χ3n) is 2.38. The maximum Gasteiger partial charge on any atom is 0.115 e. The quantitative estimate of drug-likeness (QED) is 0.774. The fourth-order valence-corrected chi connectivity index (χ4v) is 1.75. The van der Waals surface area contributed by atoms with Crippen LogP contribution in [0.1, 0.15) is 44.7 Å². The minimum atomic E-state index is 0.376.